The van der Waals surface area contributed by atoms with Crippen molar-refractivity contribution in [1.29, 1.82) is 0 Å². The van der Waals surface area contributed by atoms with Crippen LogP contribution in [0.3, 0.4) is 0 Å². The smallest absolute Gasteiger partial charge is 0.255 e. The van der Waals surface area contributed by atoms with E-state index in [4.69, 9.17) is 0 Å². The summed E-state index contributed by atoms with van der Waals surface area (Å²) < 4.78 is 0. The van der Waals surface area contributed by atoms with Gasteiger partial charge < -0.3 is 15.1 Å². The summed E-state index contributed by atoms with van der Waals surface area (Å²) in [7, 11) is 1.54. The van der Waals surface area contributed by atoms with Gasteiger partial charge in [0, 0.05) is 25.7 Å². The van der Waals surface area contributed by atoms with E-state index in [0.29, 0.717) is 12.1 Å². The molecule has 0 spiro atoms. The zero-order valence-corrected chi connectivity index (χ0v) is 15.8. The minimum absolute atomic E-state index is 0.0438. The largest absolute Gasteiger partial charge is 0.352 e. The van der Waals surface area contributed by atoms with Gasteiger partial charge in [0.05, 0.1) is 12.6 Å². The second-order valence-corrected chi connectivity index (χ2v) is 6.72. The second-order valence-electron chi connectivity index (χ2n) is 6.72. The Labute approximate surface area is 164 Å². The number of nitrogens with zero attached hydrogens (tertiary/aromatic N) is 2. The first-order chi connectivity index (χ1) is 13.5. The van der Waals surface area contributed by atoms with Crippen LogP contribution in [0.4, 0.5) is 0 Å². The van der Waals surface area contributed by atoms with Gasteiger partial charge in [0.2, 0.25) is 11.8 Å². The van der Waals surface area contributed by atoms with Gasteiger partial charge in [-0.2, -0.15) is 0 Å². The monoisotopic (exact) mass is 377 g/mol. The highest BCUT2D eigenvalue weighted by Crippen LogP contribution is 2.34. The molecule has 28 heavy (non-hydrogen) atoms. The van der Waals surface area contributed by atoms with Gasteiger partial charge in [-0.15, -0.1) is 0 Å². The van der Waals surface area contributed by atoms with E-state index in [1.54, 1.807) is 11.9 Å². The zero-order valence-electron chi connectivity index (χ0n) is 15.8. The van der Waals surface area contributed by atoms with E-state index < -0.39 is 0 Å². The van der Waals surface area contributed by atoms with Crippen molar-refractivity contribution in [2.75, 3.05) is 20.1 Å². The molecule has 6 nitrogen and oxygen atoms in total. The van der Waals surface area contributed by atoms with Gasteiger partial charge in [-0.25, -0.2) is 0 Å². The molecular formula is C22H23N3O3. The quantitative estimate of drug-likeness (QED) is 0.752. The molecule has 0 aromatic heterocycles. The van der Waals surface area contributed by atoms with E-state index >= 15 is 0 Å². The van der Waals surface area contributed by atoms with Gasteiger partial charge in [0.25, 0.3) is 5.91 Å². The standard InChI is InChI=1S/C22H23N3O3/c1-3-21(27)24(2)15-20(26)23-13-19-17-11-7-8-12-18(17)22(28)25(19)14-16-9-5-4-6-10-16/h3-12,19H,1,13-15H2,2H3,(H,23,26). The Balaban J connectivity index is 1.74. The van der Waals surface area contributed by atoms with Crippen LogP contribution >= 0.6 is 0 Å². The van der Waals surface area contributed by atoms with Crippen molar-refractivity contribution in [2.45, 2.75) is 12.6 Å². The summed E-state index contributed by atoms with van der Waals surface area (Å²) in [5.74, 6) is -0.644. The van der Waals surface area contributed by atoms with Crippen LogP contribution in [0.1, 0.15) is 27.5 Å². The Bertz CT molecular complexity index is 895. The maximum atomic E-state index is 12.9. The van der Waals surface area contributed by atoms with Crippen LogP contribution in [0.25, 0.3) is 0 Å². The number of nitrogens with one attached hydrogen (secondary N) is 1. The molecule has 144 valence electrons. The average molecular weight is 377 g/mol. The lowest BCUT2D eigenvalue weighted by Gasteiger charge is -2.26. The van der Waals surface area contributed by atoms with E-state index in [-0.39, 0.29) is 36.9 Å². The summed E-state index contributed by atoms with van der Waals surface area (Å²) in [6.45, 7) is 4.09. The summed E-state index contributed by atoms with van der Waals surface area (Å²) in [5, 5.41) is 2.85. The third-order valence-electron chi connectivity index (χ3n) is 4.81. The topological polar surface area (TPSA) is 69.7 Å². The molecule has 0 bridgehead atoms. The Morgan fingerprint density at radius 1 is 1.14 bits per heavy atom. The average Bonchev–Trinajstić information content (AvgIpc) is 2.98. The van der Waals surface area contributed by atoms with Crippen LogP contribution in [0, 0.1) is 0 Å². The summed E-state index contributed by atoms with van der Waals surface area (Å²) in [4.78, 5) is 39.8. The second kappa shape index (κ2) is 8.52. The predicted octanol–water partition coefficient (Wildman–Crippen LogP) is 2.14. The molecule has 3 rings (SSSR count). The number of rotatable bonds is 7. The number of benzene rings is 2. The highest BCUT2D eigenvalue weighted by molar-refractivity contribution is 5.99. The third-order valence-corrected chi connectivity index (χ3v) is 4.81. The Hall–Kier alpha value is -3.41. The molecule has 2 aromatic rings. The minimum atomic E-state index is -0.317. The van der Waals surface area contributed by atoms with E-state index in [1.807, 2.05) is 54.6 Å². The lowest BCUT2D eigenvalue weighted by molar-refractivity contribution is -0.131. The van der Waals surface area contributed by atoms with Gasteiger partial charge in [-0.05, 0) is 23.3 Å². The molecule has 1 aliphatic rings. The van der Waals surface area contributed by atoms with Crippen molar-refractivity contribution < 1.29 is 14.4 Å². The van der Waals surface area contributed by atoms with E-state index in [1.165, 1.54) is 11.0 Å². The zero-order chi connectivity index (χ0) is 20.1. The van der Waals surface area contributed by atoms with Crippen molar-refractivity contribution in [3.63, 3.8) is 0 Å². The van der Waals surface area contributed by atoms with Gasteiger partial charge in [-0.1, -0.05) is 55.1 Å². The summed E-state index contributed by atoms with van der Waals surface area (Å²) in [6, 6.07) is 17.0. The molecule has 0 radical (unpaired) electrons. The van der Waals surface area contributed by atoms with Crippen LogP contribution in [0.2, 0.25) is 0 Å². The number of fused-ring (bicyclic) bond motifs is 1. The van der Waals surface area contributed by atoms with Crippen LogP contribution in [-0.2, 0) is 16.1 Å². The van der Waals surface area contributed by atoms with Crippen LogP contribution in [-0.4, -0.2) is 47.7 Å². The van der Waals surface area contributed by atoms with E-state index in [0.717, 1.165) is 11.1 Å². The fraction of sp³-hybridized carbons (Fsp3) is 0.227. The number of carbonyl (C=O) groups is 3. The number of carbonyl (C=O) groups excluding carboxylic acids is 3. The number of hydrogen-bond donors (Lipinski definition) is 1. The Morgan fingerprint density at radius 2 is 1.82 bits per heavy atom. The molecule has 0 saturated carbocycles. The molecule has 1 unspecified atom stereocenters. The maximum Gasteiger partial charge on any atom is 0.255 e. The number of likely N-dealkylation sites (N-methyl/N-ethyl adjacent to an activating group) is 1. The first-order valence-electron chi connectivity index (χ1n) is 9.09. The fourth-order valence-corrected chi connectivity index (χ4v) is 3.34. The van der Waals surface area contributed by atoms with Gasteiger partial charge >= 0.3 is 0 Å². The molecule has 1 heterocycles. The van der Waals surface area contributed by atoms with Crippen molar-refractivity contribution in [3.05, 3.63) is 83.9 Å². The van der Waals surface area contributed by atoms with Crippen molar-refractivity contribution in [2.24, 2.45) is 0 Å². The first-order valence-corrected chi connectivity index (χ1v) is 9.09. The molecule has 6 heteroatoms. The van der Waals surface area contributed by atoms with Crippen LogP contribution in [0.15, 0.2) is 67.3 Å². The van der Waals surface area contributed by atoms with Gasteiger partial charge in [0.1, 0.15) is 0 Å². The van der Waals surface area contributed by atoms with Gasteiger partial charge in [-0.3, -0.25) is 14.4 Å². The molecule has 0 fully saturated rings. The molecule has 0 aliphatic carbocycles. The molecule has 0 saturated heterocycles. The molecule has 1 N–H and O–H groups in total. The number of hydrogen-bond acceptors (Lipinski definition) is 3. The normalized spacial score (nSPS) is 15.1. The van der Waals surface area contributed by atoms with Crippen LogP contribution in [0.5, 0.6) is 0 Å². The fourth-order valence-electron chi connectivity index (χ4n) is 3.34. The van der Waals surface area contributed by atoms with E-state index in [9.17, 15) is 14.4 Å². The van der Waals surface area contributed by atoms with Crippen molar-refractivity contribution >= 4 is 17.7 Å². The minimum Gasteiger partial charge on any atom is -0.352 e. The van der Waals surface area contributed by atoms with Crippen molar-refractivity contribution in [3.8, 4) is 0 Å². The van der Waals surface area contributed by atoms with E-state index in [2.05, 4.69) is 11.9 Å². The third kappa shape index (κ3) is 4.11. The summed E-state index contributed by atoms with van der Waals surface area (Å²) in [5.41, 5.74) is 2.59. The lowest BCUT2D eigenvalue weighted by atomic mass is 10.0. The first kappa shape index (κ1) is 19.4. The lowest BCUT2D eigenvalue weighted by Crippen LogP contribution is -2.41. The Kier molecular flexibility index (Phi) is 5.89. The molecular weight excluding hydrogens is 354 g/mol. The highest BCUT2D eigenvalue weighted by Gasteiger charge is 2.36. The maximum absolute atomic E-state index is 12.9. The SMILES string of the molecule is C=CC(=O)N(C)CC(=O)NCC1c2ccccc2C(=O)N1Cc1ccccc1. The molecule has 1 atom stereocenters. The Morgan fingerprint density at radius 3 is 2.54 bits per heavy atom. The summed E-state index contributed by atoms with van der Waals surface area (Å²) >= 11 is 0. The highest BCUT2D eigenvalue weighted by atomic mass is 16.2. The molecule has 3 amide bonds. The molecule has 2 aromatic carbocycles. The predicted molar refractivity (Wildman–Crippen MR) is 106 cm³/mol. The summed E-state index contributed by atoms with van der Waals surface area (Å²) in [6.07, 6.45) is 1.17. The van der Waals surface area contributed by atoms with Crippen LogP contribution < -0.4 is 5.32 Å². The number of amides is 3. The van der Waals surface area contributed by atoms with Crippen molar-refractivity contribution in [1.82, 2.24) is 15.1 Å². The van der Waals surface area contributed by atoms with Gasteiger partial charge in [0.15, 0.2) is 0 Å². The molecule has 1 aliphatic heterocycles.